The van der Waals surface area contributed by atoms with Gasteiger partial charge in [0.05, 0.1) is 0 Å². The van der Waals surface area contributed by atoms with Gasteiger partial charge in [-0.05, 0) is 36.4 Å². The number of aliphatic carboxylic acids is 1. The van der Waals surface area contributed by atoms with Gasteiger partial charge in [-0.15, -0.1) is 0 Å². The highest BCUT2D eigenvalue weighted by molar-refractivity contribution is 5.94. The second kappa shape index (κ2) is 8.58. The lowest BCUT2D eigenvalue weighted by Gasteiger charge is -2.15. The number of hydrogen-bond acceptors (Lipinski definition) is 8. The van der Waals surface area contributed by atoms with E-state index in [1.165, 1.54) is 24.3 Å². The first kappa shape index (κ1) is 21.0. The summed E-state index contributed by atoms with van der Waals surface area (Å²) in [6, 6.07) is 12.5. The predicted molar refractivity (Wildman–Crippen MR) is 115 cm³/mol. The molecule has 0 bridgehead atoms. The number of rotatable bonds is 7. The van der Waals surface area contributed by atoms with Gasteiger partial charge in [0.2, 0.25) is 13.6 Å². The zero-order valence-corrected chi connectivity index (χ0v) is 17.3. The Morgan fingerprint density at radius 3 is 2.12 bits per heavy atom. The van der Waals surface area contributed by atoms with Crippen LogP contribution in [0.15, 0.2) is 54.6 Å². The maximum absolute atomic E-state index is 12.2. The normalized spacial score (nSPS) is 13.2. The van der Waals surface area contributed by atoms with Crippen LogP contribution in [0.3, 0.4) is 0 Å². The first-order chi connectivity index (χ1) is 16.5. The van der Waals surface area contributed by atoms with Crippen LogP contribution in [0.5, 0.6) is 46.0 Å². The van der Waals surface area contributed by atoms with Crippen LogP contribution in [-0.2, 0) is 4.79 Å². The molecule has 0 amide bonds. The maximum Gasteiger partial charge on any atom is 0.343 e. The molecular weight excluding hydrogens is 448 g/mol. The summed E-state index contributed by atoms with van der Waals surface area (Å²) in [4.78, 5) is 23.2. The third-order valence-electron chi connectivity index (χ3n) is 4.90. The van der Waals surface area contributed by atoms with E-state index in [0.29, 0.717) is 34.3 Å². The molecule has 2 aliphatic heterocycles. The van der Waals surface area contributed by atoms with Crippen molar-refractivity contribution >= 4 is 18.0 Å². The topological polar surface area (TPSA) is 130 Å². The highest BCUT2D eigenvalue weighted by atomic mass is 16.7. The second-order valence-electron chi connectivity index (χ2n) is 7.07. The van der Waals surface area contributed by atoms with E-state index in [9.17, 15) is 14.7 Å². The molecule has 5 rings (SSSR count). The van der Waals surface area contributed by atoms with Crippen molar-refractivity contribution in [3.05, 3.63) is 65.7 Å². The molecule has 34 heavy (non-hydrogen) atoms. The Bertz CT molecular complexity index is 1330. The first-order valence-corrected chi connectivity index (χ1v) is 9.94. The molecule has 0 saturated heterocycles. The summed E-state index contributed by atoms with van der Waals surface area (Å²) in [5.41, 5.74) is 0.121. The van der Waals surface area contributed by atoms with Crippen LogP contribution < -0.4 is 28.4 Å². The van der Waals surface area contributed by atoms with Gasteiger partial charge in [-0.25, -0.2) is 9.59 Å². The highest BCUT2D eigenvalue weighted by Crippen LogP contribution is 2.43. The molecule has 10 heteroatoms. The van der Waals surface area contributed by atoms with Gasteiger partial charge >= 0.3 is 11.9 Å². The van der Waals surface area contributed by atoms with E-state index in [-0.39, 0.29) is 36.4 Å². The van der Waals surface area contributed by atoms with Crippen molar-refractivity contribution < 1.29 is 48.2 Å². The molecule has 3 aromatic rings. The van der Waals surface area contributed by atoms with E-state index < -0.39 is 11.9 Å². The van der Waals surface area contributed by atoms with Crippen LogP contribution >= 0.6 is 0 Å². The van der Waals surface area contributed by atoms with E-state index in [2.05, 4.69) is 0 Å². The molecule has 2 N–H and O–H groups in total. The molecule has 0 saturated carbocycles. The number of ether oxygens (including phenoxy) is 6. The molecule has 0 unspecified atom stereocenters. The minimum absolute atomic E-state index is 0.000104. The van der Waals surface area contributed by atoms with Gasteiger partial charge in [-0.2, -0.15) is 0 Å². The maximum atomic E-state index is 12.2. The number of carboxylic acid groups (broad SMARTS) is 2. The lowest BCUT2D eigenvalue weighted by atomic mass is 10.1. The minimum atomic E-state index is -1.28. The fourth-order valence-electron chi connectivity index (χ4n) is 3.40. The monoisotopic (exact) mass is 464 g/mol. The smallest absolute Gasteiger partial charge is 0.343 e. The van der Waals surface area contributed by atoms with Crippen LogP contribution in [0.1, 0.15) is 15.9 Å². The average molecular weight is 464 g/mol. The lowest BCUT2D eigenvalue weighted by Crippen LogP contribution is -2.03. The van der Waals surface area contributed by atoms with Crippen molar-refractivity contribution in [2.75, 3.05) is 13.6 Å². The second-order valence-corrected chi connectivity index (χ2v) is 7.07. The summed E-state index contributed by atoms with van der Waals surface area (Å²) < 4.78 is 33.1. The van der Waals surface area contributed by atoms with Crippen molar-refractivity contribution in [3.8, 4) is 46.0 Å². The molecular formula is C24H16O10. The zero-order chi connectivity index (χ0) is 23.7. The van der Waals surface area contributed by atoms with E-state index in [4.69, 9.17) is 33.5 Å². The zero-order valence-electron chi connectivity index (χ0n) is 17.3. The van der Waals surface area contributed by atoms with Gasteiger partial charge in [-0.1, -0.05) is 6.07 Å². The molecule has 10 nitrogen and oxygen atoms in total. The van der Waals surface area contributed by atoms with Crippen LogP contribution in [-0.4, -0.2) is 35.7 Å². The van der Waals surface area contributed by atoms with E-state index >= 15 is 0 Å². The molecule has 172 valence electrons. The first-order valence-electron chi connectivity index (χ1n) is 9.94. The number of carbonyl (C=O) groups is 2. The molecule has 0 aliphatic carbocycles. The van der Waals surface area contributed by atoms with Gasteiger partial charge in [0.1, 0.15) is 28.6 Å². The Kier molecular flexibility index (Phi) is 5.30. The number of fused-ring (bicyclic) bond motifs is 2. The average Bonchev–Trinajstić information content (AvgIpc) is 3.46. The van der Waals surface area contributed by atoms with Crippen LogP contribution in [0.25, 0.3) is 6.08 Å². The Morgan fingerprint density at radius 2 is 1.41 bits per heavy atom. The Labute approximate surface area is 192 Å². The predicted octanol–water partition coefficient (Wildman–Crippen LogP) is 4.52. The Balaban J connectivity index is 1.51. The van der Waals surface area contributed by atoms with E-state index in [1.807, 2.05) is 0 Å². The number of aromatic carboxylic acids is 1. The van der Waals surface area contributed by atoms with Crippen molar-refractivity contribution in [1.29, 1.82) is 0 Å². The fourth-order valence-corrected chi connectivity index (χ4v) is 3.40. The minimum Gasteiger partial charge on any atom is -0.478 e. The van der Waals surface area contributed by atoms with Crippen LogP contribution in [0.2, 0.25) is 0 Å². The SMILES string of the molecule is O=C(O)/C=C/c1cc2c(cc1Oc1cccc(Oc3ccc4c(c3)OCO4)c1C(=O)O)OCO2. The summed E-state index contributed by atoms with van der Waals surface area (Å²) in [6.45, 7) is 0.0940. The quantitative estimate of drug-likeness (QED) is 0.481. The van der Waals surface area contributed by atoms with Gasteiger partial charge in [0.15, 0.2) is 23.0 Å². The standard InChI is InChI=1S/C24H16O10/c25-22(26)7-4-13-8-19-21(32-12-30-19)10-18(13)34-17-3-1-2-16(23(17)24(27)28)33-14-5-6-15-20(9-14)31-11-29-15/h1-10H,11-12H2,(H,25,26)(H,27,28)/b7-4+. The Morgan fingerprint density at radius 1 is 0.765 bits per heavy atom. The van der Waals surface area contributed by atoms with Crippen LogP contribution in [0, 0.1) is 0 Å². The van der Waals surface area contributed by atoms with Gasteiger partial charge in [0, 0.05) is 23.8 Å². The number of benzene rings is 3. The molecule has 0 aromatic heterocycles. The number of hydrogen-bond donors (Lipinski definition) is 2. The highest BCUT2D eigenvalue weighted by Gasteiger charge is 2.23. The third kappa shape index (κ3) is 4.11. The number of carboxylic acids is 2. The van der Waals surface area contributed by atoms with E-state index in [0.717, 1.165) is 6.08 Å². The largest absolute Gasteiger partial charge is 0.478 e. The summed E-state index contributed by atoms with van der Waals surface area (Å²) in [6.07, 6.45) is 2.24. The van der Waals surface area contributed by atoms with Crippen molar-refractivity contribution in [2.45, 2.75) is 0 Å². The molecule has 2 aliphatic rings. The third-order valence-corrected chi connectivity index (χ3v) is 4.90. The molecule has 2 heterocycles. The molecule has 0 atom stereocenters. The van der Waals surface area contributed by atoms with Crippen molar-refractivity contribution in [1.82, 2.24) is 0 Å². The molecule has 0 radical (unpaired) electrons. The summed E-state index contributed by atoms with van der Waals surface area (Å²) in [5, 5.41) is 18.9. The summed E-state index contributed by atoms with van der Waals surface area (Å²) in [5.74, 6) is -0.0699. The lowest BCUT2D eigenvalue weighted by molar-refractivity contribution is -0.131. The van der Waals surface area contributed by atoms with Crippen molar-refractivity contribution in [3.63, 3.8) is 0 Å². The van der Waals surface area contributed by atoms with Gasteiger partial charge < -0.3 is 38.6 Å². The Hall–Kier alpha value is -4.86. The van der Waals surface area contributed by atoms with Crippen LogP contribution in [0.4, 0.5) is 0 Å². The summed E-state index contributed by atoms with van der Waals surface area (Å²) in [7, 11) is 0. The summed E-state index contributed by atoms with van der Waals surface area (Å²) >= 11 is 0. The fraction of sp³-hybridized carbons (Fsp3) is 0.0833. The van der Waals surface area contributed by atoms with Crippen molar-refractivity contribution in [2.24, 2.45) is 0 Å². The molecule has 0 fully saturated rings. The van der Waals surface area contributed by atoms with E-state index in [1.54, 1.807) is 30.3 Å². The molecule has 3 aromatic carbocycles. The molecule has 0 spiro atoms. The van der Waals surface area contributed by atoms with Gasteiger partial charge in [-0.3, -0.25) is 0 Å². The van der Waals surface area contributed by atoms with Gasteiger partial charge in [0.25, 0.3) is 0 Å².